The number of nitrogens with zero attached hydrogens (tertiary/aromatic N) is 2. The summed E-state index contributed by atoms with van der Waals surface area (Å²) in [4.78, 5) is 16.7. The fraction of sp³-hybridized carbons (Fsp3) is 0.125. The highest BCUT2D eigenvalue weighted by atomic mass is 79.9. The number of hydrogen-bond acceptors (Lipinski definition) is 2. The standard InChI is InChI=1S/C16H14BrN3O/c1-10-6-7-13(12(17)8-10)19-16(21)14-9-20-11(2)4-3-5-15(20)18-14/h3-9H,1-2H3,(H,19,21). The van der Waals surface area contributed by atoms with Gasteiger partial charge in [-0.05, 0) is 59.6 Å². The van der Waals surface area contributed by atoms with Crippen LogP contribution in [0.2, 0.25) is 0 Å². The van der Waals surface area contributed by atoms with Gasteiger partial charge in [-0.3, -0.25) is 4.79 Å². The van der Waals surface area contributed by atoms with Crippen LogP contribution in [0.5, 0.6) is 0 Å². The maximum atomic E-state index is 12.3. The lowest BCUT2D eigenvalue weighted by molar-refractivity contribution is 0.102. The normalized spacial score (nSPS) is 10.8. The molecule has 0 spiro atoms. The first kappa shape index (κ1) is 13.8. The van der Waals surface area contributed by atoms with Crippen molar-refractivity contribution in [3.05, 3.63) is 64.0 Å². The molecule has 5 heteroatoms. The molecule has 2 heterocycles. The maximum absolute atomic E-state index is 12.3. The number of pyridine rings is 1. The number of halogens is 1. The smallest absolute Gasteiger partial charge is 0.275 e. The Hall–Kier alpha value is -2.14. The first-order valence-electron chi connectivity index (χ1n) is 6.57. The molecule has 0 fully saturated rings. The quantitative estimate of drug-likeness (QED) is 0.765. The zero-order valence-electron chi connectivity index (χ0n) is 11.7. The summed E-state index contributed by atoms with van der Waals surface area (Å²) in [6.45, 7) is 3.98. The summed E-state index contributed by atoms with van der Waals surface area (Å²) in [5, 5.41) is 2.87. The Morgan fingerprint density at radius 1 is 1.24 bits per heavy atom. The van der Waals surface area contributed by atoms with E-state index in [9.17, 15) is 4.79 Å². The van der Waals surface area contributed by atoms with Crippen LogP contribution in [0.4, 0.5) is 5.69 Å². The molecule has 0 atom stereocenters. The Kier molecular flexibility index (Phi) is 3.51. The van der Waals surface area contributed by atoms with Crippen LogP contribution in [-0.2, 0) is 0 Å². The van der Waals surface area contributed by atoms with Crippen LogP contribution in [-0.4, -0.2) is 15.3 Å². The lowest BCUT2D eigenvalue weighted by Gasteiger charge is -2.06. The highest BCUT2D eigenvalue weighted by Gasteiger charge is 2.13. The minimum Gasteiger partial charge on any atom is -0.320 e. The number of fused-ring (bicyclic) bond motifs is 1. The lowest BCUT2D eigenvalue weighted by atomic mass is 10.2. The van der Waals surface area contributed by atoms with Crippen molar-refractivity contribution in [1.82, 2.24) is 9.38 Å². The molecule has 3 aromatic rings. The molecule has 4 nitrogen and oxygen atoms in total. The van der Waals surface area contributed by atoms with E-state index in [1.165, 1.54) is 0 Å². The van der Waals surface area contributed by atoms with Crippen molar-refractivity contribution < 1.29 is 4.79 Å². The van der Waals surface area contributed by atoms with Crippen LogP contribution in [0.1, 0.15) is 21.7 Å². The highest BCUT2D eigenvalue weighted by molar-refractivity contribution is 9.10. The summed E-state index contributed by atoms with van der Waals surface area (Å²) in [6.07, 6.45) is 1.75. The number of aromatic nitrogens is 2. The minimum atomic E-state index is -0.220. The molecule has 0 aliphatic carbocycles. The summed E-state index contributed by atoms with van der Waals surface area (Å²) >= 11 is 3.45. The van der Waals surface area contributed by atoms with Crippen molar-refractivity contribution in [1.29, 1.82) is 0 Å². The number of rotatable bonds is 2. The zero-order chi connectivity index (χ0) is 15.0. The van der Waals surface area contributed by atoms with E-state index in [1.54, 1.807) is 6.20 Å². The number of imidazole rings is 1. The van der Waals surface area contributed by atoms with Crippen molar-refractivity contribution >= 4 is 33.2 Å². The molecule has 0 radical (unpaired) electrons. The highest BCUT2D eigenvalue weighted by Crippen LogP contribution is 2.24. The third-order valence-corrected chi connectivity index (χ3v) is 3.96. The average Bonchev–Trinajstić information content (AvgIpc) is 2.87. The topological polar surface area (TPSA) is 46.4 Å². The van der Waals surface area contributed by atoms with Crippen molar-refractivity contribution in [2.75, 3.05) is 5.32 Å². The van der Waals surface area contributed by atoms with E-state index in [4.69, 9.17) is 0 Å². The zero-order valence-corrected chi connectivity index (χ0v) is 13.3. The summed E-state index contributed by atoms with van der Waals surface area (Å²) in [6, 6.07) is 11.6. The molecule has 0 bridgehead atoms. The number of carbonyl (C=O) groups is 1. The van der Waals surface area contributed by atoms with Gasteiger partial charge in [0.05, 0.1) is 5.69 Å². The number of aryl methyl sites for hydroxylation is 2. The first-order valence-corrected chi connectivity index (χ1v) is 7.36. The third kappa shape index (κ3) is 2.69. The Labute approximate surface area is 131 Å². The van der Waals surface area contributed by atoms with Gasteiger partial charge in [-0.1, -0.05) is 12.1 Å². The molecule has 0 aliphatic heterocycles. The van der Waals surface area contributed by atoms with Crippen LogP contribution in [0, 0.1) is 13.8 Å². The first-order chi connectivity index (χ1) is 10.0. The SMILES string of the molecule is Cc1ccc(NC(=O)c2cn3c(C)cccc3n2)c(Br)c1. The van der Waals surface area contributed by atoms with Gasteiger partial charge in [0.2, 0.25) is 0 Å². The fourth-order valence-electron chi connectivity index (χ4n) is 2.17. The number of carbonyl (C=O) groups excluding carboxylic acids is 1. The molecule has 0 unspecified atom stereocenters. The number of anilines is 1. The van der Waals surface area contributed by atoms with Crippen molar-refractivity contribution in [2.45, 2.75) is 13.8 Å². The second-order valence-electron chi connectivity index (χ2n) is 4.96. The Morgan fingerprint density at radius 2 is 2.05 bits per heavy atom. The van der Waals surface area contributed by atoms with Gasteiger partial charge >= 0.3 is 0 Å². The van der Waals surface area contributed by atoms with Gasteiger partial charge in [0.25, 0.3) is 5.91 Å². The van der Waals surface area contributed by atoms with Crippen LogP contribution in [0.15, 0.2) is 47.1 Å². The predicted molar refractivity (Wildman–Crippen MR) is 86.8 cm³/mol. The average molecular weight is 344 g/mol. The lowest BCUT2D eigenvalue weighted by Crippen LogP contribution is -2.12. The van der Waals surface area contributed by atoms with E-state index >= 15 is 0 Å². The van der Waals surface area contributed by atoms with Gasteiger partial charge in [0, 0.05) is 16.4 Å². The van der Waals surface area contributed by atoms with Crippen LogP contribution in [0.25, 0.3) is 5.65 Å². The van der Waals surface area contributed by atoms with E-state index in [0.29, 0.717) is 5.69 Å². The molecular formula is C16H14BrN3O. The molecular weight excluding hydrogens is 330 g/mol. The molecule has 106 valence electrons. The van der Waals surface area contributed by atoms with Crippen molar-refractivity contribution in [3.8, 4) is 0 Å². The molecule has 1 amide bonds. The fourth-order valence-corrected chi connectivity index (χ4v) is 2.76. The van der Waals surface area contributed by atoms with Gasteiger partial charge in [-0.15, -0.1) is 0 Å². The predicted octanol–water partition coefficient (Wildman–Crippen LogP) is 3.97. The number of hydrogen-bond donors (Lipinski definition) is 1. The third-order valence-electron chi connectivity index (χ3n) is 3.30. The maximum Gasteiger partial charge on any atom is 0.275 e. The van der Waals surface area contributed by atoms with E-state index < -0.39 is 0 Å². The second kappa shape index (κ2) is 5.33. The molecule has 21 heavy (non-hydrogen) atoms. The number of amides is 1. The Bertz CT molecular complexity index is 839. The number of nitrogens with one attached hydrogen (secondary N) is 1. The molecule has 0 saturated heterocycles. The van der Waals surface area contributed by atoms with E-state index in [0.717, 1.165) is 27.1 Å². The van der Waals surface area contributed by atoms with E-state index in [-0.39, 0.29) is 5.91 Å². The molecule has 1 aromatic carbocycles. The monoisotopic (exact) mass is 343 g/mol. The van der Waals surface area contributed by atoms with Crippen molar-refractivity contribution in [3.63, 3.8) is 0 Å². The van der Waals surface area contributed by atoms with E-state index in [2.05, 4.69) is 26.2 Å². The Morgan fingerprint density at radius 3 is 2.76 bits per heavy atom. The van der Waals surface area contributed by atoms with Crippen LogP contribution < -0.4 is 5.32 Å². The molecule has 1 N–H and O–H groups in total. The van der Waals surface area contributed by atoms with Crippen molar-refractivity contribution in [2.24, 2.45) is 0 Å². The van der Waals surface area contributed by atoms with Gasteiger partial charge in [0.1, 0.15) is 11.3 Å². The summed E-state index contributed by atoms with van der Waals surface area (Å²) < 4.78 is 2.76. The molecule has 2 aromatic heterocycles. The van der Waals surface area contributed by atoms with Crippen LogP contribution >= 0.6 is 15.9 Å². The molecule has 0 aliphatic rings. The summed E-state index contributed by atoms with van der Waals surface area (Å²) in [5.41, 5.74) is 4.07. The number of benzene rings is 1. The van der Waals surface area contributed by atoms with E-state index in [1.807, 2.05) is 54.6 Å². The molecule has 3 rings (SSSR count). The van der Waals surface area contributed by atoms with Gasteiger partial charge < -0.3 is 9.72 Å². The minimum absolute atomic E-state index is 0.220. The van der Waals surface area contributed by atoms with Gasteiger partial charge in [0.15, 0.2) is 0 Å². The second-order valence-corrected chi connectivity index (χ2v) is 5.81. The largest absolute Gasteiger partial charge is 0.320 e. The molecule has 0 saturated carbocycles. The van der Waals surface area contributed by atoms with Gasteiger partial charge in [-0.25, -0.2) is 4.98 Å². The summed E-state index contributed by atoms with van der Waals surface area (Å²) in [7, 11) is 0. The van der Waals surface area contributed by atoms with Crippen LogP contribution in [0.3, 0.4) is 0 Å². The Balaban J connectivity index is 1.92. The summed E-state index contributed by atoms with van der Waals surface area (Å²) in [5.74, 6) is -0.220. The van der Waals surface area contributed by atoms with Gasteiger partial charge in [-0.2, -0.15) is 0 Å².